The van der Waals surface area contributed by atoms with Gasteiger partial charge in [0.2, 0.25) is 0 Å². The van der Waals surface area contributed by atoms with Crippen molar-refractivity contribution < 1.29 is 19.2 Å². The van der Waals surface area contributed by atoms with E-state index in [4.69, 9.17) is 9.57 Å². The van der Waals surface area contributed by atoms with Crippen LogP contribution in [0, 0.1) is 12.8 Å². The molecule has 0 spiro atoms. The number of hydroxylamine groups is 2. The molecule has 0 radical (unpaired) electrons. The third-order valence-corrected chi connectivity index (χ3v) is 8.16. The van der Waals surface area contributed by atoms with Gasteiger partial charge in [-0.05, 0) is 78.5 Å². The highest BCUT2D eigenvalue weighted by Crippen LogP contribution is 2.30. The largest absolute Gasteiger partial charge is 0.467 e. The first-order chi connectivity index (χ1) is 19.0. The SMILES string of the molecule is CCCON(CCC1CCCCC1)Cc1ccc(C(=O)N[C@@H](CCSC)C(=O)OC)c(-c2ccccc2C)c1. The highest BCUT2D eigenvalue weighted by molar-refractivity contribution is 7.98. The first-order valence-corrected chi connectivity index (χ1v) is 15.8. The van der Waals surface area contributed by atoms with Crippen LogP contribution in [-0.4, -0.2) is 55.3 Å². The Morgan fingerprint density at radius 3 is 2.56 bits per heavy atom. The Hall–Kier alpha value is -2.35. The molecule has 2 aromatic carbocycles. The number of aryl methyl sites for hydroxylation is 1. The first-order valence-electron chi connectivity index (χ1n) is 14.4. The lowest BCUT2D eigenvalue weighted by Gasteiger charge is -2.27. The molecule has 6 nitrogen and oxygen atoms in total. The van der Waals surface area contributed by atoms with Gasteiger partial charge in [-0.3, -0.25) is 9.63 Å². The third kappa shape index (κ3) is 9.66. The predicted octanol–water partition coefficient (Wildman–Crippen LogP) is 6.80. The summed E-state index contributed by atoms with van der Waals surface area (Å²) in [6.07, 6.45) is 11.3. The fourth-order valence-corrected chi connectivity index (χ4v) is 5.74. The minimum atomic E-state index is -0.683. The van der Waals surface area contributed by atoms with E-state index >= 15 is 0 Å². The van der Waals surface area contributed by atoms with Crippen LogP contribution in [0.25, 0.3) is 11.1 Å². The van der Waals surface area contributed by atoms with Gasteiger partial charge in [0.1, 0.15) is 6.04 Å². The molecule has 1 fully saturated rings. The molecular formula is C32H46N2O4S. The van der Waals surface area contributed by atoms with E-state index in [-0.39, 0.29) is 5.91 Å². The van der Waals surface area contributed by atoms with Crippen molar-refractivity contribution >= 4 is 23.6 Å². The molecule has 214 valence electrons. The second kappa shape index (κ2) is 16.7. The van der Waals surface area contributed by atoms with E-state index in [0.717, 1.165) is 53.3 Å². The van der Waals surface area contributed by atoms with Crippen LogP contribution >= 0.6 is 11.8 Å². The number of thioether (sulfide) groups is 1. The van der Waals surface area contributed by atoms with Crippen molar-refractivity contribution in [2.75, 3.05) is 32.3 Å². The van der Waals surface area contributed by atoms with Gasteiger partial charge in [0.15, 0.2) is 0 Å². The number of methoxy groups -OCH3 is 1. The van der Waals surface area contributed by atoms with Crippen LogP contribution in [-0.2, 0) is 20.9 Å². The lowest BCUT2D eigenvalue weighted by atomic mass is 9.87. The molecule has 0 aromatic heterocycles. The number of amides is 1. The standard InChI is InChI=1S/C32H46N2O4S/c1-5-20-38-34(19-17-25-12-7-6-8-13-25)23-26-15-16-28(29(22-26)27-14-10-9-11-24(27)2)31(35)33-30(18-21-39-4)32(36)37-3/h9-11,14-16,22,25,30H,5-8,12-13,17-21,23H2,1-4H3,(H,33,35)/t30-/m0/s1. The smallest absolute Gasteiger partial charge is 0.328 e. The van der Waals surface area contributed by atoms with Crippen LogP contribution in [0.3, 0.4) is 0 Å². The van der Waals surface area contributed by atoms with Crippen molar-refractivity contribution in [3.63, 3.8) is 0 Å². The van der Waals surface area contributed by atoms with E-state index in [1.807, 2.05) is 36.6 Å². The number of hydrogen-bond donors (Lipinski definition) is 1. The number of rotatable bonds is 15. The van der Waals surface area contributed by atoms with Crippen LogP contribution in [0.1, 0.15) is 79.8 Å². The molecule has 0 aliphatic heterocycles. The minimum absolute atomic E-state index is 0.271. The summed E-state index contributed by atoms with van der Waals surface area (Å²) in [6, 6.07) is 13.4. The Balaban J connectivity index is 1.86. The highest BCUT2D eigenvalue weighted by atomic mass is 32.2. The van der Waals surface area contributed by atoms with Crippen LogP contribution in [0.15, 0.2) is 42.5 Å². The topological polar surface area (TPSA) is 67.9 Å². The zero-order chi connectivity index (χ0) is 28.0. The number of ether oxygens (including phenoxy) is 1. The summed E-state index contributed by atoms with van der Waals surface area (Å²) in [6.45, 7) is 6.44. The maximum Gasteiger partial charge on any atom is 0.328 e. The maximum absolute atomic E-state index is 13.5. The molecule has 7 heteroatoms. The van der Waals surface area contributed by atoms with Crippen LogP contribution < -0.4 is 5.32 Å². The monoisotopic (exact) mass is 554 g/mol. The van der Waals surface area contributed by atoms with Crippen LogP contribution in [0.4, 0.5) is 0 Å². The molecule has 1 aliphatic carbocycles. The molecule has 0 heterocycles. The molecule has 1 atom stereocenters. The molecule has 3 rings (SSSR count). The second-order valence-electron chi connectivity index (χ2n) is 10.5. The highest BCUT2D eigenvalue weighted by Gasteiger charge is 2.24. The van der Waals surface area contributed by atoms with Crippen molar-refractivity contribution in [1.29, 1.82) is 0 Å². The summed E-state index contributed by atoms with van der Waals surface area (Å²) in [5.74, 6) is 0.840. The fourth-order valence-electron chi connectivity index (χ4n) is 5.26. The molecule has 1 N–H and O–H groups in total. The molecular weight excluding hydrogens is 508 g/mol. The number of benzene rings is 2. The maximum atomic E-state index is 13.5. The van der Waals surface area contributed by atoms with Crippen LogP contribution in [0.5, 0.6) is 0 Å². The summed E-state index contributed by atoms with van der Waals surface area (Å²) in [7, 11) is 1.36. The van der Waals surface area contributed by atoms with Gasteiger partial charge in [-0.15, -0.1) is 0 Å². The van der Waals surface area contributed by atoms with Crippen molar-refractivity contribution in [3.05, 3.63) is 59.2 Å². The van der Waals surface area contributed by atoms with Crippen molar-refractivity contribution in [2.24, 2.45) is 5.92 Å². The van der Waals surface area contributed by atoms with Crippen molar-refractivity contribution in [2.45, 2.75) is 77.8 Å². The lowest BCUT2D eigenvalue weighted by Crippen LogP contribution is -2.42. The number of nitrogens with one attached hydrogen (secondary N) is 1. The van der Waals surface area contributed by atoms with E-state index in [0.29, 0.717) is 25.1 Å². The van der Waals surface area contributed by atoms with Gasteiger partial charge in [0.25, 0.3) is 5.91 Å². The molecule has 1 aliphatic rings. The fraction of sp³-hybridized carbons (Fsp3) is 0.562. The minimum Gasteiger partial charge on any atom is -0.467 e. The zero-order valence-corrected chi connectivity index (χ0v) is 25.0. The summed E-state index contributed by atoms with van der Waals surface area (Å²) >= 11 is 1.63. The van der Waals surface area contributed by atoms with Crippen LogP contribution in [0.2, 0.25) is 0 Å². The Morgan fingerprint density at radius 1 is 1.10 bits per heavy atom. The molecule has 1 saturated carbocycles. The average Bonchev–Trinajstić information content (AvgIpc) is 2.96. The van der Waals surface area contributed by atoms with E-state index in [1.165, 1.54) is 39.2 Å². The summed E-state index contributed by atoms with van der Waals surface area (Å²) in [4.78, 5) is 32.1. The Labute approximate surface area is 239 Å². The average molecular weight is 555 g/mol. The van der Waals surface area contributed by atoms with Gasteiger partial charge < -0.3 is 10.1 Å². The van der Waals surface area contributed by atoms with Crippen molar-refractivity contribution in [3.8, 4) is 11.1 Å². The van der Waals surface area contributed by atoms with Gasteiger partial charge in [-0.25, -0.2) is 4.79 Å². The second-order valence-corrected chi connectivity index (χ2v) is 11.5. The van der Waals surface area contributed by atoms with E-state index in [1.54, 1.807) is 11.8 Å². The molecule has 1 amide bonds. The molecule has 0 bridgehead atoms. The summed E-state index contributed by atoms with van der Waals surface area (Å²) in [5.41, 5.74) is 4.60. The lowest BCUT2D eigenvalue weighted by molar-refractivity contribution is -0.168. The molecule has 0 saturated heterocycles. The van der Waals surface area contributed by atoms with E-state index in [9.17, 15) is 9.59 Å². The van der Waals surface area contributed by atoms with Crippen molar-refractivity contribution in [1.82, 2.24) is 10.4 Å². The predicted molar refractivity (Wildman–Crippen MR) is 161 cm³/mol. The number of carbonyl (C=O) groups excluding carboxylic acids is 2. The Bertz CT molecular complexity index is 1050. The molecule has 39 heavy (non-hydrogen) atoms. The van der Waals surface area contributed by atoms with E-state index < -0.39 is 12.0 Å². The normalized spacial score (nSPS) is 14.8. The Kier molecular flexibility index (Phi) is 13.3. The summed E-state index contributed by atoms with van der Waals surface area (Å²) < 4.78 is 4.96. The Morgan fingerprint density at radius 2 is 1.87 bits per heavy atom. The quantitative estimate of drug-likeness (QED) is 0.193. The summed E-state index contributed by atoms with van der Waals surface area (Å²) in [5, 5.41) is 5.03. The first kappa shape index (κ1) is 31.2. The van der Waals surface area contributed by atoms with E-state index in [2.05, 4.69) is 36.4 Å². The number of hydrogen-bond acceptors (Lipinski definition) is 6. The van der Waals surface area contributed by atoms with Gasteiger partial charge in [-0.1, -0.05) is 69.4 Å². The van der Waals surface area contributed by atoms with Gasteiger partial charge in [-0.2, -0.15) is 16.8 Å². The zero-order valence-electron chi connectivity index (χ0n) is 24.2. The van der Waals surface area contributed by atoms with Gasteiger partial charge in [0, 0.05) is 18.7 Å². The van der Waals surface area contributed by atoms with Gasteiger partial charge >= 0.3 is 5.97 Å². The molecule has 0 unspecified atom stereocenters. The molecule has 2 aromatic rings. The number of esters is 1. The number of carbonyl (C=O) groups is 2. The van der Waals surface area contributed by atoms with Gasteiger partial charge in [0.05, 0.1) is 13.7 Å². The number of nitrogens with zero attached hydrogens (tertiary/aromatic N) is 1. The third-order valence-electron chi connectivity index (χ3n) is 7.51.